The number of rotatable bonds is 1. The van der Waals surface area contributed by atoms with Crippen LogP contribution in [0.2, 0.25) is 0 Å². The summed E-state index contributed by atoms with van der Waals surface area (Å²) >= 11 is 0. The Hall–Kier alpha value is -3.19. The molecule has 114 valence electrons. The Kier molecular flexibility index (Phi) is 3.66. The van der Waals surface area contributed by atoms with E-state index in [1.54, 1.807) is 12.1 Å². The third-order valence-electron chi connectivity index (χ3n) is 3.10. The fraction of sp³-hybridized carbons (Fsp3) is 0. The molecule has 0 aliphatic carbocycles. The van der Waals surface area contributed by atoms with E-state index in [2.05, 4.69) is 0 Å². The van der Waals surface area contributed by atoms with Gasteiger partial charge in [-0.15, -0.1) is 0 Å². The van der Waals surface area contributed by atoms with Crippen LogP contribution >= 0.6 is 0 Å². The van der Waals surface area contributed by atoms with E-state index in [1.807, 2.05) is 0 Å². The van der Waals surface area contributed by atoms with Gasteiger partial charge in [0.2, 0.25) is 5.75 Å². The van der Waals surface area contributed by atoms with Crippen molar-refractivity contribution in [2.24, 2.45) is 0 Å². The van der Waals surface area contributed by atoms with Crippen molar-refractivity contribution in [2.45, 2.75) is 0 Å². The molecular formula is C15H13NO6. The molecule has 1 aromatic heterocycles. The van der Waals surface area contributed by atoms with Crippen molar-refractivity contribution >= 4 is 11.0 Å². The molecule has 0 fully saturated rings. The van der Waals surface area contributed by atoms with Gasteiger partial charge in [0.15, 0.2) is 16.9 Å². The van der Waals surface area contributed by atoms with Gasteiger partial charge in [0.05, 0.1) is 0 Å². The molecule has 3 rings (SSSR count). The molecule has 0 unspecified atom stereocenters. The quantitative estimate of drug-likeness (QED) is 0.434. The van der Waals surface area contributed by atoms with E-state index in [-0.39, 0.29) is 28.6 Å². The van der Waals surface area contributed by atoms with Crippen LogP contribution < -0.4 is 11.6 Å². The molecule has 0 radical (unpaired) electrons. The number of aromatic hydroxyl groups is 4. The Morgan fingerprint density at radius 1 is 0.864 bits per heavy atom. The summed E-state index contributed by atoms with van der Waals surface area (Å²) in [5, 5.41) is 37.7. The molecule has 0 aliphatic rings. The molecule has 22 heavy (non-hydrogen) atoms. The average molecular weight is 303 g/mol. The summed E-state index contributed by atoms with van der Waals surface area (Å²) in [6.45, 7) is 0. The first kappa shape index (κ1) is 15.2. The summed E-state index contributed by atoms with van der Waals surface area (Å²) in [4.78, 5) is 12.1. The van der Waals surface area contributed by atoms with Crippen LogP contribution in [-0.2, 0) is 0 Å². The van der Waals surface area contributed by atoms with E-state index in [1.165, 1.54) is 12.1 Å². The van der Waals surface area contributed by atoms with Crippen LogP contribution in [0.1, 0.15) is 0 Å². The van der Waals surface area contributed by atoms with Crippen LogP contribution in [-0.4, -0.2) is 20.4 Å². The third-order valence-corrected chi connectivity index (χ3v) is 3.10. The second kappa shape index (κ2) is 5.30. The predicted molar refractivity (Wildman–Crippen MR) is 79.6 cm³/mol. The molecule has 7 nitrogen and oxygen atoms in total. The van der Waals surface area contributed by atoms with Crippen LogP contribution in [0.25, 0.3) is 22.3 Å². The van der Waals surface area contributed by atoms with Crippen molar-refractivity contribution in [1.82, 2.24) is 6.15 Å². The molecular weight excluding hydrogens is 290 g/mol. The van der Waals surface area contributed by atoms with Crippen molar-refractivity contribution in [3.05, 3.63) is 46.6 Å². The largest absolute Gasteiger partial charge is 0.508 e. The highest BCUT2D eigenvalue weighted by Crippen LogP contribution is 2.40. The van der Waals surface area contributed by atoms with Gasteiger partial charge in [-0.2, -0.15) is 0 Å². The highest BCUT2D eigenvalue weighted by atomic mass is 16.3. The smallest absolute Gasteiger partial charge is 0.201 e. The lowest BCUT2D eigenvalue weighted by Gasteiger charge is -2.07. The second-order valence-corrected chi connectivity index (χ2v) is 4.49. The number of phenols is 4. The molecule has 0 saturated carbocycles. The predicted octanol–water partition coefficient (Wildman–Crippen LogP) is 2.44. The van der Waals surface area contributed by atoms with Gasteiger partial charge in [0.1, 0.15) is 22.5 Å². The maximum Gasteiger partial charge on any atom is 0.201 e. The first-order valence-electron chi connectivity index (χ1n) is 5.98. The minimum Gasteiger partial charge on any atom is -0.508 e. The van der Waals surface area contributed by atoms with Crippen molar-refractivity contribution < 1.29 is 24.8 Å². The van der Waals surface area contributed by atoms with Crippen LogP contribution in [0, 0.1) is 0 Å². The summed E-state index contributed by atoms with van der Waals surface area (Å²) in [6.07, 6.45) is 0. The summed E-state index contributed by atoms with van der Waals surface area (Å²) in [6, 6.07) is 8.19. The second-order valence-electron chi connectivity index (χ2n) is 4.49. The number of hydrogen-bond acceptors (Lipinski definition) is 7. The van der Waals surface area contributed by atoms with Gasteiger partial charge in [0.25, 0.3) is 0 Å². The number of benzene rings is 2. The van der Waals surface area contributed by atoms with E-state index in [0.29, 0.717) is 5.56 Å². The summed E-state index contributed by atoms with van der Waals surface area (Å²) in [5.41, 5.74) is -0.0793. The Morgan fingerprint density at radius 3 is 2.14 bits per heavy atom. The minimum atomic E-state index is -0.771. The van der Waals surface area contributed by atoms with Gasteiger partial charge in [-0.1, -0.05) is 0 Å². The summed E-state index contributed by atoms with van der Waals surface area (Å²) in [5.74, 6) is -1.81. The standard InChI is InChI=1S/C15H10O6.H3N/c16-8-3-1-7(2-4-8)11-5-9(17)13-12(21-11)6-10(18)14(19)15(13)20;/h1-6,16,18-20H;1H3. The molecule has 7 heteroatoms. The average Bonchev–Trinajstić information content (AvgIpc) is 2.45. The summed E-state index contributed by atoms with van der Waals surface area (Å²) in [7, 11) is 0. The fourth-order valence-corrected chi connectivity index (χ4v) is 2.05. The molecule has 3 aromatic rings. The van der Waals surface area contributed by atoms with E-state index >= 15 is 0 Å². The van der Waals surface area contributed by atoms with Gasteiger partial charge in [0, 0.05) is 17.7 Å². The molecule has 0 aliphatic heterocycles. The van der Waals surface area contributed by atoms with Crippen molar-refractivity contribution in [3.8, 4) is 34.3 Å². The highest BCUT2D eigenvalue weighted by Gasteiger charge is 2.17. The number of fused-ring (bicyclic) bond motifs is 1. The zero-order valence-corrected chi connectivity index (χ0v) is 11.3. The minimum absolute atomic E-state index is 0. The van der Waals surface area contributed by atoms with E-state index in [4.69, 9.17) is 4.42 Å². The monoisotopic (exact) mass is 303 g/mol. The Balaban J connectivity index is 0.00000176. The van der Waals surface area contributed by atoms with Crippen LogP contribution in [0.3, 0.4) is 0 Å². The topological polar surface area (TPSA) is 146 Å². The van der Waals surface area contributed by atoms with Crippen LogP contribution in [0.4, 0.5) is 0 Å². The molecule has 0 bridgehead atoms. The first-order valence-corrected chi connectivity index (χ1v) is 5.98. The lowest BCUT2D eigenvalue weighted by Crippen LogP contribution is -2.00. The van der Waals surface area contributed by atoms with E-state index < -0.39 is 22.7 Å². The van der Waals surface area contributed by atoms with Gasteiger partial charge >= 0.3 is 0 Å². The molecule has 7 N–H and O–H groups in total. The summed E-state index contributed by atoms with van der Waals surface area (Å²) < 4.78 is 5.47. The third kappa shape index (κ3) is 2.29. The van der Waals surface area contributed by atoms with E-state index in [9.17, 15) is 25.2 Å². The van der Waals surface area contributed by atoms with Gasteiger partial charge in [-0.25, -0.2) is 0 Å². The van der Waals surface area contributed by atoms with Crippen LogP contribution in [0.5, 0.6) is 23.0 Å². The molecule has 2 aromatic carbocycles. The van der Waals surface area contributed by atoms with Crippen molar-refractivity contribution in [2.75, 3.05) is 0 Å². The number of phenolic OH excluding ortho intramolecular Hbond substituents is 4. The highest BCUT2D eigenvalue weighted by molar-refractivity contribution is 5.89. The molecule has 1 heterocycles. The zero-order valence-electron chi connectivity index (χ0n) is 11.3. The van der Waals surface area contributed by atoms with Gasteiger partial charge < -0.3 is 31.0 Å². The SMILES string of the molecule is N.O=c1cc(-c2ccc(O)cc2)oc2cc(O)c(O)c(O)c12. The Bertz CT molecular complexity index is 899. The maximum absolute atomic E-state index is 12.1. The molecule has 0 saturated heterocycles. The number of hydrogen-bond donors (Lipinski definition) is 5. The first-order chi connectivity index (χ1) is 9.97. The lowest BCUT2D eigenvalue weighted by atomic mass is 10.1. The van der Waals surface area contributed by atoms with E-state index in [0.717, 1.165) is 12.1 Å². The Morgan fingerprint density at radius 2 is 1.50 bits per heavy atom. The van der Waals surface area contributed by atoms with Crippen molar-refractivity contribution in [1.29, 1.82) is 0 Å². The molecule has 0 spiro atoms. The molecule has 0 atom stereocenters. The van der Waals surface area contributed by atoms with Gasteiger partial charge in [-0.05, 0) is 24.3 Å². The maximum atomic E-state index is 12.1. The Labute approximate surface area is 123 Å². The van der Waals surface area contributed by atoms with Crippen LogP contribution in [0.15, 0.2) is 45.6 Å². The molecule has 0 amide bonds. The normalized spacial score (nSPS) is 10.4. The van der Waals surface area contributed by atoms with Gasteiger partial charge in [-0.3, -0.25) is 4.79 Å². The lowest BCUT2D eigenvalue weighted by molar-refractivity contribution is 0.370. The fourth-order valence-electron chi connectivity index (χ4n) is 2.05. The zero-order chi connectivity index (χ0) is 15.1. The van der Waals surface area contributed by atoms with Crippen molar-refractivity contribution in [3.63, 3.8) is 0 Å².